The third-order valence-electron chi connectivity index (χ3n) is 4.23. The van der Waals surface area contributed by atoms with Crippen LogP contribution in [-0.2, 0) is 4.79 Å². The third-order valence-corrected chi connectivity index (χ3v) is 4.23. The number of likely N-dealkylation sites (N-methyl/N-ethyl adjacent to an activating group) is 1. The van der Waals surface area contributed by atoms with E-state index >= 15 is 0 Å². The highest BCUT2D eigenvalue weighted by Crippen LogP contribution is 2.22. The molecule has 0 aliphatic rings. The van der Waals surface area contributed by atoms with Gasteiger partial charge >= 0.3 is 0 Å². The first-order valence-electron chi connectivity index (χ1n) is 8.29. The number of amides is 2. The quantitative estimate of drug-likeness (QED) is 0.756. The number of benzene rings is 2. The van der Waals surface area contributed by atoms with E-state index < -0.39 is 0 Å². The highest BCUT2D eigenvalue weighted by molar-refractivity contribution is 6.01. The molecule has 2 N–H and O–H groups in total. The average Bonchev–Trinajstić information content (AvgIpc) is 3.04. The number of aryl methyl sites for hydroxylation is 3. The summed E-state index contributed by atoms with van der Waals surface area (Å²) in [6.45, 7) is 5.89. The van der Waals surface area contributed by atoms with Crippen LogP contribution in [0.5, 0.6) is 0 Å². The van der Waals surface area contributed by atoms with Crippen molar-refractivity contribution >= 4 is 28.5 Å². The predicted molar refractivity (Wildman–Crippen MR) is 100 cm³/mol. The Hall–Kier alpha value is -3.22. The minimum Gasteiger partial charge on any atom is -0.332 e. The van der Waals surface area contributed by atoms with Gasteiger partial charge in [-0.2, -0.15) is 15.4 Å². The molecule has 0 unspecified atom stereocenters. The molecular formula is C19H21N5O2. The molecule has 0 saturated heterocycles. The predicted octanol–water partition coefficient (Wildman–Crippen LogP) is 2.59. The molecule has 0 atom stereocenters. The SMILES string of the molecule is Cc1cc(C)c(NC(=O)CN(C)C(=O)c2ccc3n[nH]nc3c2)c(C)c1. The van der Waals surface area contributed by atoms with Crippen molar-refractivity contribution in [1.82, 2.24) is 20.3 Å². The van der Waals surface area contributed by atoms with Gasteiger partial charge in [-0.3, -0.25) is 9.59 Å². The summed E-state index contributed by atoms with van der Waals surface area (Å²) in [5.41, 5.74) is 5.71. The van der Waals surface area contributed by atoms with Gasteiger partial charge < -0.3 is 10.2 Å². The van der Waals surface area contributed by atoms with Gasteiger partial charge in [-0.05, 0) is 50.1 Å². The van der Waals surface area contributed by atoms with Gasteiger partial charge in [-0.1, -0.05) is 17.7 Å². The van der Waals surface area contributed by atoms with Crippen molar-refractivity contribution in [3.05, 3.63) is 52.6 Å². The standard InChI is InChI=1S/C19H21N5O2/c1-11-7-12(2)18(13(3)8-11)20-17(25)10-24(4)19(26)14-5-6-15-16(9-14)22-23-21-15/h5-9H,10H2,1-4H3,(H,20,25)(H,21,22,23). The summed E-state index contributed by atoms with van der Waals surface area (Å²) >= 11 is 0. The zero-order valence-electron chi connectivity index (χ0n) is 15.3. The lowest BCUT2D eigenvalue weighted by atomic mass is 10.1. The lowest BCUT2D eigenvalue weighted by molar-refractivity contribution is -0.116. The van der Waals surface area contributed by atoms with Crippen molar-refractivity contribution in [1.29, 1.82) is 0 Å². The number of anilines is 1. The number of nitrogens with zero attached hydrogens (tertiary/aromatic N) is 3. The number of carbonyl (C=O) groups excluding carboxylic acids is 2. The van der Waals surface area contributed by atoms with Crippen molar-refractivity contribution in [2.45, 2.75) is 20.8 Å². The average molecular weight is 351 g/mol. The van der Waals surface area contributed by atoms with Crippen LogP contribution in [0, 0.1) is 20.8 Å². The molecule has 3 rings (SSSR count). The van der Waals surface area contributed by atoms with Crippen LogP contribution in [0.4, 0.5) is 5.69 Å². The summed E-state index contributed by atoms with van der Waals surface area (Å²) in [7, 11) is 1.60. The van der Waals surface area contributed by atoms with Crippen molar-refractivity contribution in [2.24, 2.45) is 0 Å². The van der Waals surface area contributed by atoms with E-state index in [-0.39, 0.29) is 18.4 Å². The molecule has 134 valence electrons. The van der Waals surface area contributed by atoms with Gasteiger partial charge in [0, 0.05) is 18.3 Å². The van der Waals surface area contributed by atoms with Gasteiger partial charge in [0.1, 0.15) is 11.0 Å². The minimum absolute atomic E-state index is 0.0392. The lowest BCUT2D eigenvalue weighted by Gasteiger charge is -2.18. The van der Waals surface area contributed by atoms with Crippen LogP contribution in [-0.4, -0.2) is 45.7 Å². The Balaban J connectivity index is 1.69. The molecule has 2 amide bonds. The highest BCUT2D eigenvalue weighted by atomic mass is 16.2. The summed E-state index contributed by atoms with van der Waals surface area (Å²) in [5, 5.41) is 13.4. The van der Waals surface area contributed by atoms with Gasteiger partial charge in [-0.15, -0.1) is 0 Å². The molecule has 0 aliphatic carbocycles. The monoisotopic (exact) mass is 351 g/mol. The molecule has 7 nitrogen and oxygen atoms in total. The van der Waals surface area contributed by atoms with E-state index in [2.05, 4.69) is 20.7 Å². The second-order valence-corrected chi connectivity index (χ2v) is 6.51. The van der Waals surface area contributed by atoms with Crippen LogP contribution in [0.25, 0.3) is 11.0 Å². The molecule has 0 bridgehead atoms. The van der Waals surface area contributed by atoms with Crippen LogP contribution in [0.15, 0.2) is 30.3 Å². The first kappa shape index (κ1) is 17.6. The van der Waals surface area contributed by atoms with Crippen LogP contribution in [0.3, 0.4) is 0 Å². The van der Waals surface area contributed by atoms with E-state index in [1.165, 1.54) is 4.90 Å². The molecule has 1 aromatic heterocycles. The summed E-state index contributed by atoms with van der Waals surface area (Å²) in [4.78, 5) is 26.3. The molecule has 1 heterocycles. The molecule has 2 aromatic carbocycles. The Bertz CT molecular complexity index is 970. The van der Waals surface area contributed by atoms with E-state index in [9.17, 15) is 9.59 Å². The van der Waals surface area contributed by atoms with Crippen LogP contribution in [0.1, 0.15) is 27.0 Å². The normalized spacial score (nSPS) is 10.8. The van der Waals surface area contributed by atoms with Gasteiger partial charge in [-0.25, -0.2) is 0 Å². The Morgan fingerprint density at radius 1 is 1.04 bits per heavy atom. The van der Waals surface area contributed by atoms with Crippen LogP contribution >= 0.6 is 0 Å². The smallest absolute Gasteiger partial charge is 0.254 e. The maximum Gasteiger partial charge on any atom is 0.254 e. The van der Waals surface area contributed by atoms with E-state index in [0.29, 0.717) is 16.6 Å². The Morgan fingerprint density at radius 2 is 1.69 bits per heavy atom. The number of aromatic nitrogens is 3. The first-order chi connectivity index (χ1) is 12.3. The number of fused-ring (bicyclic) bond motifs is 1. The van der Waals surface area contributed by atoms with E-state index in [1.54, 1.807) is 25.2 Å². The maximum absolute atomic E-state index is 12.6. The molecule has 0 radical (unpaired) electrons. The minimum atomic E-state index is -0.248. The second kappa shape index (κ2) is 6.95. The van der Waals surface area contributed by atoms with Crippen molar-refractivity contribution < 1.29 is 9.59 Å². The highest BCUT2D eigenvalue weighted by Gasteiger charge is 2.17. The van der Waals surface area contributed by atoms with Gasteiger partial charge in [0.2, 0.25) is 5.91 Å². The van der Waals surface area contributed by atoms with Crippen LogP contribution in [0.2, 0.25) is 0 Å². The summed E-state index contributed by atoms with van der Waals surface area (Å²) in [5.74, 6) is -0.485. The number of nitrogens with one attached hydrogen (secondary N) is 2. The number of carbonyl (C=O) groups is 2. The zero-order valence-corrected chi connectivity index (χ0v) is 15.3. The maximum atomic E-state index is 12.6. The number of hydrogen-bond acceptors (Lipinski definition) is 4. The summed E-state index contributed by atoms with van der Waals surface area (Å²) in [6.07, 6.45) is 0. The lowest BCUT2D eigenvalue weighted by Crippen LogP contribution is -2.35. The number of hydrogen-bond donors (Lipinski definition) is 2. The first-order valence-corrected chi connectivity index (χ1v) is 8.29. The summed E-state index contributed by atoms with van der Waals surface area (Å²) < 4.78 is 0. The molecule has 0 spiro atoms. The number of rotatable bonds is 4. The largest absolute Gasteiger partial charge is 0.332 e. The van der Waals surface area contributed by atoms with E-state index in [0.717, 1.165) is 22.4 Å². The molecular weight excluding hydrogens is 330 g/mol. The third kappa shape index (κ3) is 3.56. The number of H-pyrrole nitrogens is 1. The fourth-order valence-electron chi connectivity index (χ4n) is 3.04. The Morgan fingerprint density at radius 3 is 2.38 bits per heavy atom. The van der Waals surface area contributed by atoms with E-state index in [4.69, 9.17) is 0 Å². The van der Waals surface area contributed by atoms with Gasteiger partial charge in [0.15, 0.2) is 0 Å². The molecule has 26 heavy (non-hydrogen) atoms. The van der Waals surface area contributed by atoms with Crippen molar-refractivity contribution in [3.8, 4) is 0 Å². The van der Waals surface area contributed by atoms with Crippen molar-refractivity contribution in [2.75, 3.05) is 18.9 Å². The van der Waals surface area contributed by atoms with Crippen molar-refractivity contribution in [3.63, 3.8) is 0 Å². The number of aromatic amines is 1. The summed E-state index contributed by atoms with van der Waals surface area (Å²) in [6, 6.07) is 9.09. The Kier molecular flexibility index (Phi) is 4.71. The van der Waals surface area contributed by atoms with Crippen LogP contribution < -0.4 is 5.32 Å². The molecule has 0 saturated carbocycles. The molecule has 0 fully saturated rings. The molecule has 3 aromatic rings. The second-order valence-electron chi connectivity index (χ2n) is 6.51. The zero-order chi connectivity index (χ0) is 18.8. The fraction of sp³-hybridized carbons (Fsp3) is 0.263. The fourth-order valence-corrected chi connectivity index (χ4v) is 3.04. The van der Waals surface area contributed by atoms with Gasteiger partial charge in [0.05, 0.1) is 6.54 Å². The topological polar surface area (TPSA) is 91.0 Å². The Labute approximate surface area is 151 Å². The molecule has 0 aliphatic heterocycles. The van der Waals surface area contributed by atoms with Gasteiger partial charge in [0.25, 0.3) is 5.91 Å². The molecule has 7 heteroatoms. The van der Waals surface area contributed by atoms with E-state index in [1.807, 2.05) is 32.9 Å².